The number of epoxide rings is 1. The molecular formula is C21H36O2. The fraction of sp³-hybridized carbons (Fsp3) is 0.714. The second kappa shape index (κ2) is 16.0. The number of unbranched alkanes of at least 4 members (excludes halogenated alkanes) is 6. The molecule has 0 aliphatic carbocycles. The minimum Gasteiger partial charge on any atom is -0.379 e. The second-order valence-corrected chi connectivity index (χ2v) is 6.23. The summed E-state index contributed by atoms with van der Waals surface area (Å²) < 4.78 is 10.6. The van der Waals surface area contributed by atoms with E-state index in [9.17, 15) is 0 Å². The van der Waals surface area contributed by atoms with E-state index >= 15 is 0 Å². The van der Waals surface area contributed by atoms with Crippen LogP contribution in [-0.2, 0) is 9.47 Å². The summed E-state index contributed by atoms with van der Waals surface area (Å²) in [7, 11) is 0. The lowest BCUT2D eigenvalue weighted by atomic mass is 10.1. The van der Waals surface area contributed by atoms with E-state index in [2.05, 4.69) is 43.4 Å². The van der Waals surface area contributed by atoms with Crippen LogP contribution in [0, 0.1) is 0 Å². The van der Waals surface area contributed by atoms with Gasteiger partial charge in [0.1, 0.15) is 6.10 Å². The molecule has 1 rings (SSSR count). The highest BCUT2D eigenvalue weighted by Gasteiger charge is 2.21. The molecule has 2 heteroatoms. The van der Waals surface area contributed by atoms with Gasteiger partial charge in [0.15, 0.2) is 0 Å². The molecule has 1 fully saturated rings. The Morgan fingerprint density at radius 3 is 2.13 bits per heavy atom. The van der Waals surface area contributed by atoms with Crippen molar-refractivity contribution in [3.05, 3.63) is 36.5 Å². The van der Waals surface area contributed by atoms with Crippen molar-refractivity contribution in [1.29, 1.82) is 0 Å². The molecule has 0 saturated carbocycles. The SMILES string of the molecule is CCC=CCC=CCC=CCCCCCCCCOCC1CO1. The van der Waals surface area contributed by atoms with Crippen LogP contribution >= 0.6 is 0 Å². The molecular weight excluding hydrogens is 284 g/mol. The van der Waals surface area contributed by atoms with E-state index in [1.165, 1.54) is 44.9 Å². The van der Waals surface area contributed by atoms with Crippen molar-refractivity contribution in [3.63, 3.8) is 0 Å². The first-order chi connectivity index (χ1) is 11.4. The fourth-order valence-electron chi connectivity index (χ4n) is 2.38. The normalized spacial score (nSPS) is 17.9. The summed E-state index contributed by atoms with van der Waals surface area (Å²) >= 11 is 0. The Labute approximate surface area is 143 Å². The van der Waals surface area contributed by atoms with Crippen LogP contribution in [0.25, 0.3) is 0 Å². The number of rotatable bonds is 16. The summed E-state index contributed by atoms with van der Waals surface area (Å²) in [6.07, 6.45) is 26.4. The average Bonchev–Trinajstić information content (AvgIpc) is 3.38. The minimum atomic E-state index is 0.413. The number of hydrogen-bond donors (Lipinski definition) is 0. The van der Waals surface area contributed by atoms with Gasteiger partial charge in [-0.2, -0.15) is 0 Å². The van der Waals surface area contributed by atoms with Crippen molar-refractivity contribution < 1.29 is 9.47 Å². The van der Waals surface area contributed by atoms with Gasteiger partial charge in [-0.05, 0) is 38.5 Å². The predicted octanol–water partition coefficient (Wildman–Crippen LogP) is 5.99. The topological polar surface area (TPSA) is 21.8 Å². The van der Waals surface area contributed by atoms with Gasteiger partial charge in [-0.1, -0.05) is 69.1 Å². The molecule has 1 atom stereocenters. The standard InChI is InChI=1S/C21H36O2/c1-2-3-4-5-6-7-8-9-10-11-12-13-14-15-16-17-18-22-19-21-20-23-21/h3-4,6-7,9-10,21H,2,5,8,11-20H2,1H3. The van der Waals surface area contributed by atoms with Crippen LogP contribution in [0.2, 0.25) is 0 Å². The fourth-order valence-corrected chi connectivity index (χ4v) is 2.38. The molecule has 1 heterocycles. The first-order valence-electron chi connectivity index (χ1n) is 9.57. The third-order valence-electron chi connectivity index (χ3n) is 3.90. The van der Waals surface area contributed by atoms with Crippen LogP contribution in [0.1, 0.15) is 71.1 Å². The lowest BCUT2D eigenvalue weighted by Gasteiger charge is -2.02. The molecule has 0 aromatic heterocycles. The van der Waals surface area contributed by atoms with E-state index < -0.39 is 0 Å². The van der Waals surface area contributed by atoms with E-state index in [1.807, 2.05) is 0 Å². The largest absolute Gasteiger partial charge is 0.379 e. The third kappa shape index (κ3) is 15.8. The summed E-state index contributed by atoms with van der Waals surface area (Å²) in [4.78, 5) is 0. The summed E-state index contributed by atoms with van der Waals surface area (Å²) in [5.41, 5.74) is 0. The Morgan fingerprint density at radius 1 is 0.826 bits per heavy atom. The van der Waals surface area contributed by atoms with Crippen molar-refractivity contribution in [3.8, 4) is 0 Å². The smallest absolute Gasteiger partial charge is 0.104 e. The summed E-state index contributed by atoms with van der Waals surface area (Å²) in [6, 6.07) is 0. The molecule has 132 valence electrons. The van der Waals surface area contributed by atoms with E-state index in [1.54, 1.807) is 0 Å². The van der Waals surface area contributed by atoms with Gasteiger partial charge < -0.3 is 9.47 Å². The van der Waals surface area contributed by atoms with Gasteiger partial charge in [0.05, 0.1) is 13.2 Å². The van der Waals surface area contributed by atoms with Gasteiger partial charge in [0, 0.05) is 6.61 Å². The maximum absolute atomic E-state index is 5.53. The Balaban J connectivity index is 1.71. The third-order valence-corrected chi connectivity index (χ3v) is 3.90. The van der Waals surface area contributed by atoms with Crippen molar-refractivity contribution in [2.24, 2.45) is 0 Å². The zero-order valence-electron chi connectivity index (χ0n) is 15.1. The Morgan fingerprint density at radius 2 is 1.43 bits per heavy atom. The van der Waals surface area contributed by atoms with E-state index in [0.717, 1.165) is 39.1 Å². The number of allylic oxidation sites excluding steroid dienone is 6. The lowest BCUT2D eigenvalue weighted by Crippen LogP contribution is -2.02. The average molecular weight is 321 g/mol. The van der Waals surface area contributed by atoms with Gasteiger partial charge in [-0.25, -0.2) is 0 Å². The van der Waals surface area contributed by atoms with Gasteiger partial charge in [-0.3, -0.25) is 0 Å². The molecule has 0 N–H and O–H groups in total. The Kier molecular flexibility index (Phi) is 14.1. The molecule has 0 bridgehead atoms. The van der Waals surface area contributed by atoms with Crippen molar-refractivity contribution in [1.82, 2.24) is 0 Å². The highest BCUT2D eigenvalue weighted by Crippen LogP contribution is 2.10. The zero-order chi connectivity index (χ0) is 16.4. The number of hydrogen-bond acceptors (Lipinski definition) is 2. The highest BCUT2D eigenvalue weighted by atomic mass is 16.6. The molecule has 1 aliphatic heterocycles. The monoisotopic (exact) mass is 320 g/mol. The molecule has 0 aromatic rings. The molecule has 23 heavy (non-hydrogen) atoms. The van der Waals surface area contributed by atoms with Gasteiger partial charge in [0.25, 0.3) is 0 Å². The molecule has 0 aromatic carbocycles. The van der Waals surface area contributed by atoms with Crippen LogP contribution in [0.4, 0.5) is 0 Å². The van der Waals surface area contributed by atoms with Crippen molar-refractivity contribution in [2.75, 3.05) is 19.8 Å². The van der Waals surface area contributed by atoms with Crippen LogP contribution in [-0.4, -0.2) is 25.9 Å². The maximum atomic E-state index is 5.53. The van der Waals surface area contributed by atoms with Gasteiger partial charge in [-0.15, -0.1) is 0 Å². The first kappa shape index (κ1) is 20.2. The van der Waals surface area contributed by atoms with Crippen LogP contribution < -0.4 is 0 Å². The maximum Gasteiger partial charge on any atom is 0.104 e. The summed E-state index contributed by atoms with van der Waals surface area (Å²) in [5.74, 6) is 0. The van der Waals surface area contributed by atoms with E-state index in [4.69, 9.17) is 9.47 Å². The lowest BCUT2D eigenvalue weighted by molar-refractivity contribution is 0.113. The Hall–Kier alpha value is -0.860. The predicted molar refractivity (Wildman–Crippen MR) is 99.8 cm³/mol. The highest BCUT2D eigenvalue weighted by molar-refractivity contribution is 4.96. The number of ether oxygens (including phenoxy) is 2. The van der Waals surface area contributed by atoms with Gasteiger partial charge in [0.2, 0.25) is 0 Å². The summed E-state index contributed by atoms with van der Waals surface area (Å²) in [6.45, 7) is 4.78. The second-order valence-electron chi connectivity index (χ2n) is 6.23. The molecule has 0 radical (unpaired) electrons. The van der Waals surface area contributed by atoms with E-state index in [0.29, 0.717) is 6.10 Å². The quantitative estimate of drug-likeness (QED) is 0.198. The molecule has 0 spiro atoms. The zero-order valence-corrected chi connectivity index (χ0v) is 15.1. The molecule has 1 aliphatic rings. The van der Waals surface area contributed by atoms with Gasteiger partial charge >= 0.3 is 0 Å². The Bertz CT molecular complexity index is 327. The van der Waals surface area contributed by atoms with Crippen molar-refractivity contribution >= 4 is 0 Å². The first-order valence-corrected chi connectivity index (χ1v) is 9.57. The van der Waals surface area contributed by atoms with Crippen LogP contribution in [0.3, 0.4) is 0 Å². The van der Waals surface area contributed by atoms with Crippen LogP contribution in [0.5, 0.6) is 0 Å². The minimum absolute atomic E-state index is 0.413. The van der Waals surface area contributed by atoms with Crippen molar-refractivity contribution in [2.45, 2.75) is 77.2 Å². The summed E-state index contributed by atoms with van der Waals surface area (Å²) in [5, 5.41) is 0. The van der Waals surface area contributed by atoms with Crippen LogP contribution in [0.15, 0.2) is 36.5 Å². The molecule has 1 unspecified atom stereocenters. The van der Waals surface area contributed by atoms with E-state index in [-0.39, 0.29) is 0 Å². The molecule has 0 amide bonds. The molecule has 2 nitrogen and oxygen atoms in total. The molecule has 1 saturated heterocycles.